The summed E-state index contributed by atoms with van der Waals surface area (Å²) < 4.78 is 2.09. The molecule has 2 aromatic heterocycles. The van der Waals surface area contributed by atoms with Crippen molar-refractivity contribution in [3.8, 4) is 0 Å². The molecule has 0 spiro atoms. The molecule has 3 aromatic rings. The molecule has 0 fully saturated rings. The largest absolute Gasteiger partial charge is 0.359 e. The zero-order chi connectivity index (χ0) is 18.5. The fourth-order valence-corrected chi connectivity index (χ4v) is 3.48. The Balaban J connectivity index is 1.74. The number of benzene rings is 1. The number of hydrogen-bond donors (Lipinski definition) is 2. The average molecular weight is 385 g/mol. The summed E-state index contributed by atoms with van der Waals surface area (Å²) in [5.41, 5.74) is 3.86. The second-order valence-electron chi connectivity index (χ2n) is 5.68. The van der Waals surface area contributed by atoms with Gasteiger partial charge in [-0.1, -0.05) is 17.8 Å². The summed E-state index contributed by atoms with van der Waals surface area (Å²) in [5.74, 6) is 1.68. The molecule has 1 aromatic carbocycles. The molecular weight excluding hydrogens is 364 g/mol. The molecule has 0 aliphatic carbocycles. The summed E-state index contributed by atoms with van der Waals surface area (Å²) in [6.07, 6.45) is 3.54. The molecule has 0 radical (unpaired) electrons. The molecule has 8 heteroatoms. The zero-order valence-electron chi connectivity index (χ0n) is 14.7. The van der Waals surface area contributed by atoms with Gasteiger partial charge in [-0.25, -0.2) is 15.0 Å². The molecule has 0 atom stereocenters. The Morgan fingerprint density at radius 2 is 2.19 bits per heavy atom. The number of nitrogens with one attached hydrogen (secondary N) is 2. The minimum absolute atomic E-state index is 0.563. The predicted molar refractivity (Wildman–Crippen MR) is 111 cm³/mol. The fourth-order valence-electron chi connectivity index (χ4n) is 2.42. The van der Waals surface area contributed by atoms with E-state index >= 15 is 0 Å². The number of aryl methyl sites for hydroxylation is 2. The summed E-state index contributed by atoms with van der Waals surface area (Å²) in [6, 6.07) is 7.92. The molecular formula is C18H20N6S2. The maximum absolute atomic E-state index is 5.25. The van der Waals surface area contributed by atoms with Crippen LogP contribution in [0.15, 0.2) is 48.3 Å². The lowest BCUT2D eigenvalue weighted by Gasteiger charge is -2.08. The summed E-state index contributed by atoms with van der Waals surface area (Å²) >= 11 is 6.83. The fraction of sp³-hybridized carbons (Fsp3) is 0.222. The molecule has 0 unspecified atom stereocenters. The molecule has 6 nitrogen and oxygen atoms in total. The van der Waals surface area contributed by atoms with Gasteiger partial charge in [-0.3, -0.25) is 0 Å². The molecule has 0 aliphatic rings. The van der Waals surface area contributed by atoms with Crippen molar-refractivity contribution in [2.45, 2.75) is 17.8 Å². The molecule has 2 N–H and O–H groups in total. The van der Waals surface area contributed by atoms with Crippen LogP contribution in [0.3, 0.4) is 0 Å². The average Bonchev–Trinajstić information content (AvgIpc) is 2.93. The highest BCUT2D eigenvalue weighted by molar-refractivity contribution is 7.98. The first-order valence-electron chi connectivity index (χ1n) is 8.10. The minimum Gasteiger partial charge on any atom is -0.359 e. The molecule has 0 aliphatic heterocycles. The third-order valence-corrected chi connectivity index (χ3v) is 4.85. The Morgan fingerprint density at radius 1 is 1.35 bits per heavy atom. The summed E-state index contributed by atoms with van der Waals surface area (Å²) in [4.78, 5) is 13.5. The lowest BCUT2D eigenvalue weighted by atomic mass is 10.3. The third-order valence-electron chi connectivity index (χ3n) is 3.74. The minimum atomic E-state index is 0.563. The van der Waals surface area contributed by atoms with Gasteiger partial charge in [0, 0.05) is 31.2 Å². The smallest absolute Gasteiger partial charge is 0.188 e. The van der Waals surface area contributed by atoms with Crippen molar-refractivity contribution >= 4 is 45.8 Å². The van der Waals surface area contributed by atoms with Gasteiger partial charge in [0.05, 0.1) is 16.8 Å². The zero-order valence-corrected chi connectivity index (χ0v) is 16.3. The van der Waals surface area contributed by atoms with E-state index in [1.165, 1.54) is 0 Å². The predicted octanol–water partition coefficient (Wildman–Crippen LogP) is 3.44. The normalized spacial score (nSPS) is 10.7. The van der Waals surface area contributed by atoms with Crippen molar-refractivity contribution < 1.29 is 0 Å². The van der Waals surface area contributed by atoms with E-state index in [9.17, 15) is 0 Å². The van der Waals surface area contributed by atoms with E-state index in [4.69, 9.17) is 17.2 Å². The Kier molecular flexibility index (Phi) is 5.85. The SMILES string of the molecule is C=CCNC(=S)Nc1ccc2c(c1)nc(CSc1nccc(C)n1)n2C. The molecule has 2 heterocycles. The summed E-state index contributed by atoms with van der Waals surface area (Å²) in [5, 5.41) is 7.53. The first-order valence-corrected chi connectivity index (χ1v) is 9.50. The second kappa shape index (κ2) is 8.29. The van der Waals surface area contributed by atoms with Gasteiger partial charge in [0.25, 0.3) is 0 Å². The van der Waals surface area contributed by atoms with E-state index in [0.717, 1.165) is 33.4 Å². The Morgan fingerprint density at radius 3 is 2.96 bits per heavy atom. The summed E-state index contributed by atoms with van der Waals surface area (Å²) in [6.45, 7) is 6.25. The van der Waals surface area contributed by atoms with E-state index in [1.807, 2.05) is 38.2 Å². The number of hydrogen-bond acceptors (Lipinski definition) is 5. The molecule has 0 saturated heterocycles. The van der Waals surface area contributed by atoms with Crippen molar-refractivity contribution in [1.82, 2.24) is 24.8 Å². The Labute approximate surface area is 162 Å². The third kappa shape index (κ3) is 4.39. The first-order chi connectivity index (χ1) is 12.6. The highest BCUT2D eigenvalue weighted by atomic mass is 32.2. The van der Waals surface area contributed by atoms with E-state index in [-0.39, 0.29) is 0 Å². The molecule has 26 heavy (non-hydrogen) atoms. The number of fused-ring (bicyclic) bond motifs is 1. The van der Waals surface area contributed by atoms with Crippen LogP contribution in [0, 0.1) is 6.92 Å². The van der Waals surface area contributed by atoms with E-state index < -0.39 is 0 Å². The monoisotopic (exact) mass is 384 g/mol. The van der Waals surface area contributed by atoms with Crippen LogP contribution in [0.4, 0.5) is 5.69 Å². The van der Waals surface area contributed by atoms with Crippen molar-refractivity contribution in [2.75, 3.05) is 11.9 Å². The highest BCUT2D eigenvalue weighted by Crippen LogP contribution is 2.24. The number of rotatable bonds is 6. The van der Waals surface area contributed by atoms with Crippen LogP contribution in [0.25, 0.3) is 11.0 Å². The van der Waals surface area contributed by atoms with Gasteiger partial charge >= 0.3 is 0 Å². The van der Waals surface area contributed by atoms with Crippen LogP contribution < -0.4 is 10.6 Å². The van der Waals surface area contributed by atoms with E-state index in [1.54, 1.807) is 24.0 Å². The maximum atomic E-state index is 5.25. The van der Waals surface area contributed by atoms with Gasteiger partial charge in [-0.2, -0.15) is 0 Å². The van der Waals surface area contributed by atoms with Crippen LogP contribution in [-0.2, 0) is 12.8 Å². The van der Waals surface area contributed by atoms with Crippen molar-refractivity contribution in [3.63, 3.8) is 0 Å². The van der Waals surface area contributed by atoms with Crippen molar-refractivity contribution in [1.29, 1.82) is 0 Å². The molecule has 0 amide bonds. The second-order valence-corrected chi connectivity index (χ2v) is 7.03. The van der Waals surface area contributed by atoms with Gasteiger partial charge in [-0.15, -0.1) is 6.58 Å². The van der Waals surface area contributed by atoms with Gasteiger partial charge in [0.2, 0.25) is 0 Å². The van der Waals surface area contributed by atoms with Gasteiger partial charge in [0.15, 0.2) is 10.3 Å². The Hall–Kier alpha value is -2.45. The topological polar surface area (TPSA) is 67.7 Å². The van der Waals surface area contributed by atoms with Gasteiger partial charge < -0.3 is 15.2 Å². The van der Waals surface area contributed by atoms with E-state index in [0.29, 0.717) is 17.4 Å². The molecule has 0 saturated carbocycles. The summed E-state index contributed by atoms with van der Waals surface area (Å²) in [7, 11) is 2.02. The lowest BCUT2D eigenvalue weighted by molar-refractivity contribution is 0.870. The lowest BCUT2D eigenvalue weighted by Crippen LogP contribution is -2.28. The van der Waals surface area contributed by atoms with Crippen LogP contribution in [-0.4, -0.2) is 31.2 Å². The van der Waals surface area contributed by atoms with E-state index in [2.05, 4.69) is 31.7 Å². The number of anilines is 1. The number of thiocarbonyl (C=S) groups is 1. The molecule has 3 rings (SSSR count). The number of aromatic nitrogens is 4. The standard InChI is InChI=1S/C18H20N6S2/c1-4-8-19-17(25)22-13-5-6-15-14(10-13)23-16(24(15)3)11-26-18-20-9-7-12(2)21-18/h4-7,9-10H,1,8,11H2,2-3H3,(H2,19,22,25). The first kappa shape index (κ1) is 18.3. The number of imidazole rings is 1. The van der Waals surface area contributed by atoms with Crippen molar-refractivity contribution in [2.24, 2.45) is 7.05 Å². The van der Waals surface area contributed by atoms with Crippen LogP contribution in [0.1, 0.15) is 11.5 Å². The van der Waals surface area contributed by atoms with Crippen LogP contribution in [0.2, 0.25) is 0 Å². The van der Waals surface area contributed by atoms with Gasteiger partial charge in [-0.05, 0) is 43.4 Å². The Bertz CT molecular complexity index is 950. The molecule has 134 valence electrons. The number of nitrogens with zero attached hydrogens (tertiary/aromatic N) is 4. The maximum Gasteiger partial charge on any atom is 0.188 e. The van der Waals surface area contributed by atoms with Gasteiger partial charge in [0.1, 0.15) is 5.82 Å². The quantitative estimate of drug-likeness (QED) is 0.292. The number of thioether (sulfide) groups is 1. The molecule has 0 bridgehead atoms. The van der Waals surface area contributed by atoms with Crippen LogP contribution >= 0.6 is 24.0 Å². The van der Waals surface area contributed by atoms with Crippen LogP contribution in [0.5, 0.6) is 0 Å². The highest BCUT2D eigenvalue weighted by Gasteiger charge is 2.10. The van der Waals surface area contributed by atoms with Crippen molar-refractivity contribution in [3.05, 3.63) is 54.6 Å².